The van der Waals surface area contributed by atoms with Crippen molar-refractivity contribution in [2.75, 3.05) is 0 Å². The minimum Gasteiger partial charge on any atom is -0.231 e. The van der Waals surface area contributed by atoms with Crippen molar-refractivity contribution >= 4 is 23.4 Å². The van der Waals surface area contributed by atoms with E-state index in [1.54, 1.807) is 6.08 Å². The Morgan fingerprint density at radius 1 is 1.23 bits per heavy atom. The summed E-state index contributed by atoms with van der Waals surface area (Å²) < 4.78 is 13.0. The van der Waals surface area contributed by atoms with Crippen LogP contribution < -0.4 is 0 Å². The van der Waals surface area contributed by atoms with E-state index < -0.39 is 5.50 Å². The van der Waals surface area contributed by atoms with Crippen LogP contribution >= 0.6 is 11.8 Å². The average Bonchev–Trinajstić information content (AvgIpc) is 2.60. The molecule has 13 heavy (non-hydrogen) atoms. The van der Waals surface area contributed by atoms with Crippen LogP contribution in [-0.2, 0) is 0 Å². The second kappa shape index (κ2) is 2.48. The summed E-state index contributed by atoms with van der Waals surface area (Å²) in [5, 5.41) is 0. The fourth-order valence-corrected chi connectivity index (χ4v) is 2.72. The van der Waals surface area contributed by atoms with Crippen LogP contribution in [0.5, 0.6) is 0 Å². The van der Waals surface area contributed by atoms with Crippen LogP contribution in [0.25, 0.3) is 11.6 Å². The molecule has 2 aliphatic rings. The molecule has 1 aliphatic heterocycles. The van der Waals surface area contributed by atoms with Crippen LogP contribution in [0.3, 0.4) is 0 Å². The van der Waals surface area contributed by atoms with Crippen molar-refractivity contribution in [3.05, 3.63) is 46.4 Å². The van der Waals surface area contributed by atoms with Gasteiger partial charge in [-0.3, -0.25) is 0 Å². The molecule has 0 fully saturated rings. The molecule has 2 heteroatoms. The lowest BCUT2D eigenvalue weighted by molar-refractivity contribution is 0.524. The molecule has 3 rings (SSSR count). The number of allylic oxidation sites excluding steroid dienone is 1. The number of thioether (sulfide) groups is 1. The van der Waals surface area contributed by atoms with E-state index in [9.17, 15) is 4.39 Å². The highest BCUT2D eigenvalue weighted by atomic mass is 32.2. The number of fused-ring (bicyclic) bond motifs is 3. The Morgan fingerprint density at radius 2 is 2.08 bits per heavy atom. The van der Waals surface area contributed by atoms with E-state index in [1.807, 2.05) is 18.2 Å². The average molecular weight is 190 g/mol. The molecule has 0 nitrogen and oxygen atoms in total. The van der Waals surface area contributed by atoms with Gasteiger partial charge < -0.3 is 0 Å². The lowest BCUT2D eigenvalue weighted by Crippen LogP contribution is -1.81. The van der Waals surface area contributed by atoms with E-state index in [-0.39, 0.29) is 0 Å². The molecule has 0 bridgehead atoms. The fraction of sp³-hybridized carbons (Fsp3) is 0.0909. The van der Waals surface area contributed by atoms with E-state index >= 15 is 0 Å². The van der Waals surface area contributed by atoms with Crippen LogP contribution in [0.15, 0.2) is 35.2 Å². The highest BCUT2D eigenvalue weighted by molar-refractivity contribution is 8.04. The Balaban J connectivity index is 2.22. The molecule has 0 N–H and O–H groups in total. The third-order valence-corrected chi connectivity index (χ3v) is 3.29. The minimum absolute atomic E-state index is 0.852. The van der Waals surface area contributed by atoms with Crippen LogP contribution in [0, 0.1) is 0 Å². The van der Waals surface area contributed by atoms with Gasteiger partial charge in [0.2, 0.25) is 0 Å². The van der Waals surface area contributed by atoms with Gasteiger partial charge in [0, 0.05) is 4.91 Å². The zero-order valence-corrected chi connectivity index (χ0v) is 7.64. The van der Waals surface area contributed by atoms with Crippen molar-refractivity contribution in [1.29, 1.82) is 0 Å². The van der Waals surface area contributed by atoms with Gasteiger partial charge in [0.15, 0.2) is 5.50 Å². The van der Waals surface area contributed by atoms with Crippen molar-refractivity contribution in [2.45, 2.75) is 5.50 Å². The Labute approximate surface area is 80.2 Å². The maximum Gasteiger partial charge on any atom is 0.169 e. The standard InChI is InChI=1S/C11H7FS/c12-11-6-9-8-4-2-1-3-7(8)5-10(9)13-11/h1-6,11H. The van der Waals surface area contributed by atoms with Gasteiger partial charge in [0.1, 0.15) is 0 Å². The maximum absolute atomic E-state index is 13.0. The molecule has 1 heterocycles. The normalized spacial score (nSPS) is 23.6. The first kappa shape index (κ1) is 7.39. The van der Waals surface area contributed by atoms with E-state index in [0.717, 1.165) is 10.5 Å². The molecule has 0 aromatic heterocycles. The molecule has 0 spiro atoms. The minimum atomic E-state index is -0.852. The van der Waals surface area contributed by atoms with Gasteiger partial charge >= 0.3 is 0 Å². The predicted molar refractivity (Wildman–Crippen MR) is 54.9 cm³/mol. The van der Waals surface area contributed by atoms with Gasteiger partial charge in [-0.2, -0.15) is 0 Å². The molecular weight excluding hydrogens is 183 g/mol. The summed E-state index contributed by atoms with van der Waals surface area (Å²) in [6.45, 7) is 0. The van der Waals surface area contributed by atoms with Crippen molar-refractivity contribution in [2.24, 2.45) is 0 Å². The first-order valence-electron chi connectivity index (χ1n) is 4.18. The van der Waals surface area contributed by atoms with E-state index in [0.29, 0.717) is 0 Å². The topological polar surface area (TPSA) is 0 Å². The second-order valence-electron chi connectivity index (χ2n) is 3.15. The number of rotatable bonds is 0. The van der Waals surface area contributed by atoms with Gasteiger partial charge in [-0.25, -0.2) is 4.39 Å². The second-order valence-corrected chi connectivity index (χ2v) is 4.27. The SMILES string of the molecule is FC1C=C2C(=Cc3ccccc32)S1. The summed E-state index contributed by atoms with van der Waals surface area (Å²) in [6, 6.07) is 8.11. The third kappa shape index (κ3) is 0.985. The van der Waals surface area contributed by atoms with E-state index in [1.165, 1.54) is 22.9 Å². The van der Waals surface area contributed by atoms with Crippen LogP contribution in [-0.4, -0.2) is 5.50 Å². The highest BCUT2D eigenvalue weighted by Gasteiger charge is 2.27. The summed E-state index contributed by atoms with van der Waals surface area (Å²) in [5.41, 5.74) is 2.61. The monoisotopic (exact) mass is 190 g/mol. The molecule has 0 saturated carbocycles. The lowest BCUT2D eigenvalue weighted by Gasteiger charge is -1.97. The Bertz CT molecular complexity index is 431. The zero-order valence-electron chi connectivity index (χ0n) is 6.83. The van der Waals surface area contributed by atoms with Gasteiger partial charge in [-0.1, -0.05) is 36.0 Å². The summed E-state index contributed by atoms with van der Waals surface area (Å²) in [4.78, 5) is 1.08. The van der Waals surface area contributed by atoms with E-state index in [4.69, 9.17) is 0 Å². The fourth-order valence-electron chi connectivity index (χ4n) is 1.78. The number of hydrogen-bond donors (Lipinski definition) is 0. The smallest absolute Gasteiger partial charge is 0.169 e. The molecule has 1 aromatic rings. The maximum atomic E-state index is 13.0. The number of alkyl halides is 1. The molecule has 1 aliphatic carbocycles. The summed E-state index contributed by atoms with van der Waals surface area (Å²) in [5.74, 6) is 0. The van der Waals surface area contributed by atoms with Crippen molar-refractivity contribution in [1.82, 2.24) is 0 Å². The highest BCUT2D eigenvalue weighted by Crippen LogP contribution is 2.48. The van der Waals surface area contributed by atoms with Crippen molar-refractivity contribution in [3.63, 3.8) is 0 Å². The summed E-state index contributed by atoms with van der Waals surface area (Å²) in [6.07, 6.45) is 3.76. The number of halogens is 1. The van der Waals surface area contributed by atoms with Gasteiger partial charge in [0.05, 0.1) is 0 Å². The Kier molecular flexibility index (Phi) is 1.41. The zero-order chi connectivity index (χ0) is 8.84. The molecule has 0 radical (unpaired) electrons. The van der Waals surface area contributed by atoms with Gasteiger partial charge in [0.25, 0.3) is 0 Å². The van der Waals surface area contributed by atoms with E-state index in [2.05, 4.69) is 12.1 Å². The van der Waals surface area contributed by atoms with Crippen LogP contribution in [0.2, 0.25) is 0 Å². The molecule has 1 atom stereocenters. The van der Waals surface area contributed by atoms with Gasteiger partial charge in [-0.15, -0.1) is 0 Å². The molecule has 1 unspecified atom stereocenters. The first-order chi connectivity index (χ1) is 6.34. The van der Waals surface area contributed by atoms with Crippen LogP contribution in [0.1, 0.15) is 11.1 Å². The van der Waals surface area contributed by atoms with Crippen molar-refractivity contribution in [3.8, 4) is 0 Å². The van der Waals surface area contributed by atoms with Crippen molar-refractivity contribution < 1.29 is 4.39 Å². The Morgan fingerprint density at radius 3 is 3.00 bits per heavy atom. The number of hydrogen-bond acceptors (Lipinski definition) is 1. The Hall–Kier alpha value is -1.02. The van der Waals surface area contributed by atoms with Crippen LogP contribution in [0.4, 0.5) is 4.39 Å². The predicted octanol–water partition coefficient (Wildman–Crippen LogP) is 3.47. The lowest BCUT2D eigenvalue weighted by atomic mass is 10.1. The molecule has 1 aromatic carbocycles. The largest absolute Gasteiger partial charge is 0.231 e. The summed E-state index contributed by atoms with van der Waals surface area (Å²) >= 11 is 1.29. The molecular formula is C11H7FS. The molecule has 0 amide bonds. The third-order valence-electron chi connectivity index (χ3n) is 2.34. The molecule has 0 saturated heterocycles. The quantitative estimate of drug-likeness (QED) is 0.603. The molecule has 64 valence electrons. The number of benzene rings is 1. The first-order valence-corrected chi connectivity index (χ1v) is 5.06. The van der Waals surface area contributed by atoms with Gasteiger partial charge in [-0.05, 0) is 28.9 Å². The summed E-state index contributed by atoms with van der Waals surface area (Å²) in [7, 11) is 0.